The third kappa shape index (κ3) is 3.65. The van der Waals surface area contributed by atoms with E-state index in [2.05, 4.69) is 23.7 Å². The first-order valence-corrected chi connectivity index (χ1v) is 5.80. The Morgan fingerprint density at radius 3 is 2.69 bits per heavy atom. The Labute approximate surface area is 102 Å². The summed E-state index contributed by atoms with van der Waals surface area (Å²) in [6, 6.07) is 3.72. The normalized spacial score (nSPS) is 11.9. The van der Waals surface area contributed by atoms with Crippen molar-refractivity contribution in [3.8, 4) is 5.75 Å². The second kappa shape index (κ2) is 5.51. The largest absolute Gasteiger partial charge is 0.492 e. The van der Waals surface area contributed by atoms with Crippen LogP contribution in [-0.2, 0) is 5.88 Å². The molecule has 16 heavy (non-hydrogen) atoms. The van der Waals surface area contributed by atoms with E-state index in [1.54, 1.807) is 6.20 Å². The first-order chi connectivity index (χ1) is 7.45. The third-order valence-corrected chi connectivity index (χ3v) is 3.00. The van der Waals surface area contributed by atoms with Crippen molar-refractivity contribution in [3.05, 3.63) is 24.0 Å². The van der Waals surface area contributed by atoms with E-state index < -0.39 is 0 Å². The summed E-state index contributed by atoms with van der Waals surface area (Å²) in [5.41, 5.74) is 0.839. The van der Waals surface area contributed by atoms with Crippen molar-refractivity contribution in [2.45, 2.75) is 25.3 Å². The minimum atomic E-state index is 0.00436. The Morgan fingerprint density at radius 2 is 2.12 bits per heavy atom. The number of alkyl halides is 1. The van der Waals surface area contributed by atoms with E-state index in [0.717, 1.165) is 11.4 Å². The van der Waals surface area contributed by atoms with Crippen molar-refractivity contribution in [1.29, 1.82) is 0 Å². The Hall–Kier alpha value is -0.800. The van der Waals surface area contributed by atoms with E-state index in [1.807, 2.05) is 26.2 Å². The predicted molar refractivity (Wildman–Crippen MR) is 67.1 cm³/mol. The number of rotatable bonds is 5. The van der Waals surface area contributed by atoms with Gasteiger partial charge in [0.1, 0.15) is 12.4 Å². The molecule has 0 atom stereocenters. The SMILES string of the molecule is CN(C)C(C)(C)COc1ccnc(CCl)c1. The molecule has 90 valence electrons. The molecule has 0 bridgehead atoms. The van der Waals surface area contributed by atoms with Crippen LogP contribution in [0.5, 0.6) is 5.75 Å². The second-order valence-electron chi connectivity index (χ2n) is 4.61. The number of nitrogens with zero attached hydrogens (tertiary/aromatic N) is 2. The predicted octanol–water partition coefficient (Wildman–Crippen LogP) is 2.54. The Morgan fingerprint density at radius 1 is 1.44 bits per heavy atom. The van der Waals surface area contributed by atoms with Gasteiger partial charge in [-0.3, -0.25) is 4.98 Å². The lowest BCUT2D eigenvalue weighted by atomic mass is 10.1. The number of hydrogen-bond acceptors (Lipinski definition) is 3. The monoisotopic (exact) mass is 242 g/mol. The van der Waals surface area contributed by atoms with Gasteiger partial charge >= 0.3 is 0 Å². The molecule has 1 rings (SSSR count). The fourth-order valence-electron chi connectivity index (χ4n) is 1.01. The van der Waals surface area contributed by atoms with Crippen molar-refractivity contribution in [2.75, 3.05) is 20.7 Å². The highest BCUT2D eigenvalue weighted by Gasteiger charge is 2.21. The summed E-state index contributed by atoms with van der Waals surface area (Å²) in [5, 5.41) is 0. The second-order valence-corrected chi connectivity index (χ2v) is 4.88. The molecule has 0 saturated heterocycles. The topological polar surface area (TPSA) is 25.4 Å². The van der Waals surface area contributed by atoms with Crippen LogP contribution in [0.3, 0.4) is 0 Å². The van der Waals surface area contributed by atoms with E-state index in [0.29, 0.717) is 12.5 Å². The minimum Gasteiger partial charge on any atom is -0.492 e. The molecule has 0 aliphatic carbocycles. The van der Waals surface area contributed by atoms with Gasteiger partial charge in [0.25, 0.3) is 0 Å². The highest BCUT2D eigenvalue weighted by molar-refractivity contribution is 6.16. The molecule has 4 heteroatoms. The summed E-state index contributed by atoms with van der Waals surface area (Å²) in [4.78, 5) is 6.25. The van der Waals surface area contributed by atoms with Crippen molar-refractivity contribution in [1.82, 2.24) is 9.88 Å². The highest BCUT2D eigenvalue weighted by atomic mass is 35.5. The fourth-order valence-corrected chi connectivity index (χ4v) is 1.15. The van der Waals surface area contributed by atoms with Crippen LogP contribution in [0.2, 0.25) is 0 Å². The van der Waals surface area contributed by atoms with Crippen molar-refractivity contribution < 1.29 is 4.74 Å². The molecule has 0 aromatic carbocycles. The maximum atomic E-state index is 5.73. The van der Waals surface area contributed by atoms with E-state index >= 15 is 0 Å². The third-order valence-electron chi connectivity index (χ3n) is 2.73. The van der Waals surface area contributed by atoms with Gasteiger partial charge in [0.05, 0.1) is 11.6 Å². The van der Waals surface area contributed by atoms with Gasteiger partial charge < -0.3 is 9.64 Å². The van der Waals surface area contributed by atoms with Crippen molar-refractivity contribution in [3.63, 3.8) is 0 Å². The number of ether oxygens (including phenoxy) is 1. The van der Waals surface area contributed by atoms with Gasteiger partial charge in [0.2, 0.25) is 0 Å². The van der Waals surface area contributed by atoms with Crippen LogP contribution in [0.1, 0.15) is 19.5 Å². The smallest absolute Gasteiger partial charge is 0.122 e. The molecule has 0 radical (unpaired) electrons. The van der Waals surface area contributed by atoms with Crippen LogP contribution in [-0.4, -0.2) is 36.1 Å². The van der Waals surface area contributed by atoms with E-state index in [4.69, 9.17) is 16.3 Å². The van der Waals surface area contributed by atoms with Crippen LogP contribution in [0.4, 0.5) is 0 Å². The van der Waals surface area contributed by atoms with Crippen LogP contribution in [0.25, 0.3) is 0 Å². The number of likely N-dealkylation sites (N-methyl/N-ethyl adjacent to an activating group) is 1. The zero-order valence-electron chi connectivity index (χ0n) is 10.3. The molecule has 1 aromatic heterocycles. The summed E-state index contributed by atoms with van der Waals surface area (Å²) >= 11 is 5.71. The molecule has 1 heterocycles. The molecule has 1 aromatic rings. The molecule has 0 N–H and O–H groups in total. The molecule has 0 spiro atoms. The van der Waals surface area contributed by atoms with Crippen LogP contribution in [0, 0.1) is 0 Å². The molecule has 0 amide bonds. The van der Waals surface area contributed by atoms with E-state index in [9.17, 15) is 0 Å². The first-order valence-electron chi connectivity index (χ1n) is 5.27. The zero-order chi connectivity index (χ0) is 12.2. The van der Waals surface area contributed by atoms with Gasteiger partial charge in [-0.15, -0.1) is 11.6 Å². The summed E-state index contributed by atoms with van der Waals surface area (Å²) in [6.45, 7) is 4.90. The summed E-state index contributed by atoms with van der Waals surface area (Å²) < 4.78 is 5.73. The number of halogens is 1. The lowest BCUT2D eigenvalue weighted by Crippen LogP contribution is -2.43. The van der Waals surface area contributed by atoms with Gasteiger partial charge in [0, 0.05) is 17.8 Å². The maximum absolute atomic E-state index is 5.73. The maximum Gasteiger partial charge on any atom is 0.122 e. The van der Waals surface area contributed by atoms with Gasteiger partial charge in [-0.2, -0.15) is 0 Å². The minimum absolute atomic E-state index is 0.00436. The lowest BCUT2D eigenvalue weighted by molar-refractivity contribution is 0.114. The molecule has 0 aliphatic rings. The zero-order valence-corrected chi connectivity index (χ0v) is 11.1. The van der Waals surface area contributed by atoms with Crippen LogP contribution in [0.15, 0.2) is 18.3 Å². The molecule has 3 nitrogen and oxygen atoms in total. The molecular formula is C12H19ClN2O. The Bertz CT molecular complexity index is 340. The summed E-state index contributed by atoms with van der Waals surface area (Å²) in [6.07, 6.45) is 1.72. The van der Waals surface area contributed by atoms with Crippen molar-refractivity contribution >= 4 is 11.6 Å². The van der Waals surface area contributed by atoms with Gasteiger partial charge in [-0.25, -0.2) is 0 Å². The molecule has 0 saturated carbocycles. The Kier molecular flexibility index (Phi) is 4.56. The number of pyridine rings is 1. The molecule has 0 unspecified atom stereocenters. The number of hydrogen-bond donors (Lipinski definition) is 0. The molecule has 0 fully saturated rings. The quantitative estimate of drug-likeness (QED) is 0.742. The van der Waals surface area contributed by atoms with Crippen molar-refractivity contribution in [2.24, 2.45) is 0 Å². The summed E-state index contributed by atoms with van der Waals surface area (Å²) in [7, 11) is 4.08. The molecular weight excluding hydrogens is 224 g/mol. The van der Waals surface area contributed by atoms with Gasteiger partial charge in [-0.05, 0) is 34.0 Å². The Balaban J connectivity index is 2.60. The highest BCUT2D eigenvalue weighted by Crippen LogP contribution is 2.16. The first kappa shape index (κ1) is 13.3. The lowest BCUT2D eigenvalue weighted by Gasteiger charge is -2.32. The average Bonchev–Trinajstić information content (AvgIpc) is 2.26. The average molecular weight is 243 g/mol. The van der Waals surface area contributed by atoms with E-state index in [-0.39, 0.29) is 5.54 Å². The van der Waals surface area contributed by atoms with Gasteiger partial charge in [0.15, 0.2) is 0 Å². The molecule has 0 aliphatic heterocycles. The standard InChI is InChI=1S/C12H19ClN2O/c1-12(2,15(3)4)9-16-11-5-6-14-10(7-11)8-13/h5-7H,8-9H2,1-4H3. The van der Waals surface area contributed by atoms with Crippen LogP contribution < -0.4 is 4.74 Å². The van der Waals surface area contributed by atoms with E-state index in [1.165, 1.54) is 0 Å². The fraction of sp³-hybridized carbons (Fsp3) is 0.583. The number of aromatic nitrogens is 1. The van der Waals surface area contributed by atoms with Crippen LogP contribution >= 0.6 is 11.6 Å². The summed E-state index contributed by atoms with van der Waals surface area (Å²) in [5.74, 6) is 1.23. The van der Waals surface area contributed by atoms with Gasteiger partial charge in [-0.1, -0.05) is 0 Å².